The van der Waals surface area contributed by atoms with Gasteiger partial charge in [-0.25, -0.2) is 18.0 Å². The summed E-state index contributed by atoms with van der Waals surface area (Å²) >= 11 is 0. The molecule has 1 atom stereocenters. The highest BCUT2D eigenvalue weighted by Crippen LogP contribution is 2.28. The second-order valence-electron chi connectivity index (χ2n) is 6.61. The molecule has 0 saturated carbocycles. The molecule has 3 aromatic rings. The van der Waals surface area contributed by atoms with E-state index in [0.29, 0.717) is 11.3 Å². The Labute approximate surface area is 177 Å². The lowest BCUT2D eigenvalue weighted by atomic mass is 10.1. The molecular formula is C23H19F3N2O3. The predicted octanol–water partition coefficient (Wildman–Crippen LogP) is 4.76. The number of amides is 1. The SMILES string of the molecule is CCOC(=O)C(C)N(C(=O)c1ccc(-c2ccc(F)cc2)nc1)c1c(F)cccc1F. The van der Waals surface area contributed by atoms with E-state index in [1.807, 2.05) is 0 Å². The number of hydrogen-bond acceptors (Lipinski definition) is 4. The molecule has 160 valence electrons. The fraction of sp³-hybridized carbons (Fsp3) is 0.174. The lowest BCUT2D eigenvalue weighted by molar-refractivity contribution is -0.144. The Kier molecular flexibility index (Phi) is 6.69. The summed E-state index contributed by atoms with van der Waals surface area (Å²) in [6.45, 7) is 2.94. The number of carbonyl (C=O) groups excluding carboxylic acids is 2. The molecule has 0 aliphatic rings. The number of halogens is 3. The van der Waals surface area contributed by atoms with Crippen LogP contribution < -0.4 is 4.90 Å². The number of nitrogens with zero attached hydrogens (tertiary/aromatic N) is 2. The number of anilines is 1. The van der Waals surface area contributed by atoms with Gasteiger partial charge in [-0.05, 0) is 62.4 Å². The van der Waals surface area contributed by atoms with Crippen LogP contribution in [0.2, 0.25) is 0 Å². The zero-order chi connectivity index (χ0) is 22.5. The molecule has 0 fully saturated rings. The van der Waals surface area contributed by atoms with Crippen molar-refractivity contribution in [3.63, 3.8) is 0 Å². The van der Waals surface area contributed by atoms with Gasteiger partial charge < -0.3 is 4.74 Å². The molecule has 0 bridgehead atoms. The number of aromatic nitrogens is 1. The van der Waals surface area contributed by atoms with Gasteiger partial charge in [0.05, 0.1) is 17.9 Å². The molecule has 0 aliphatic heterocycles. The summed E-state index contributed by atoms with van der Waals surface area (Å²) in [4.78, 5) is 30.4. The monoisotopic (exact) mass is 428 g/mol. The number of benzene rings is 2. The van der Waals surface area contributed by atoms with Crippen LogP contribution in [0, 0.1) is 17.5 Å². The van der Waals surface area contributed by atoms with Gasteiger partial charge >= 0.3 is 5.97 Å². The standard InChI is InChI=1S/C23H19F3N2O3/c1-3-31-23(30)14(2)28(21-18(25)5-4-6-19(21)26)22(29)16-9-12-20(27-13-16)15-7-10-17(24)11-8-15/h4-14H,3H2,1-2H3. The van der Waals surface area contributed by atoms with Crippen LogP contribution in [0.4, 0.5) is 18.9 Å². The molecule has 1 heterocycles. The molecule has 0 spiro atoms. The van der Waals surface area contributed by atoms with Crippen LogP contribution in [0.25, 0.3) is 11.3 Å². The van der Waals surface area contributed by atoms with Gasteiger partial charge in [0.2, 0.25) is 0 Å². The number of para-hydroxylation sites is 1. The third-order valence-corrected chi connectivity index (χ3v) is 4.56. The lowest BCUT2D eigenvalue weighted by Crippen LogP contribution is -2.45. The highest BCUT2D eigenvalue weighted by atomic mass is 19.1. The molecule has 0 radical (unpaired) electrons. The second-order valence-corrected chi connectivity index (χ2v) is 6.61. The van der Waals surface area contributed by atoms with Gasteiger partial charge in [-0.2, -0.15) is 0 Å². The molecule has 8 heteroatoms. The van der Waals surface area contributed by atoms with E-state index in [4.69, 9.17) is 4.74 Å². The summed E-state index contributed by atoms with van der Waals surface area (Å²) < 4.78 is 47.0. The minimum absolute atomic E-state index is 0.00432. The number of pyridine rings is 1. The van der Waals surface area contributed by atoms with E-state index in [1.54, 1.807) is 6.92 Å². The summed E-state index contributed by atoms with van der Waals surface area (Å²) in [5.74, 6) is -4.04. The first-order chi connectivity index (χ1) is 14.8. The van der Waals surface area contributed by atoms with Gasteiger partial charge in [-0.1, -0.05) is 6.07 Å². The maximum absolute atomic E-state index is 14.5. The highest BCUT2D eigenvalue weighted by Gasteiger charge is 2.33. The summed E-state index contributed by atoms with van der Waals surface area (Å²) in [7, 11) is 0. The Morgan fingerprint density at radius 1 is 1.00 bits per heavy atom. The van der Waals surface area contributed by atoms with Crippen molar-refractivity contribution in [2.75, 3.05) is 11.5 Å². The predicted molar refractivity (Wildman–Crippen MR) is 109 cm³/mol. The Morgan fingerprint density at radius 3 is 2.19 bits per heavy atom. The van der Waals surface area contributed by atoms with Crippen LogP contribution in [0.15, 0.2) is 60.8 Å². The van der Waals surface area contributed by atoms with E-state index >= 15 is 0 Å². The number of hydrogen-bond donors (Lipinski definition) is 0. The van der Waals surface area contributed by atoms with E-state index in [9.17, 15) is 22.8 Å². The Balaban J connectivity index is 2.00. The van der Waals surface area contributed by atoms with Crippen molar-refractivity contribution in [1.82, 2.24) is 4.98 Å². The molecule has 0 N–H and O–H groups in total. The van der Waals surface area contributed by atoms with Gasteiger partial charge in [0.15, 0.2) is 0 Å². The molecule has 0 saturated heterocycles. The molecule has 0 aliphatic carbocycles. The molecule has 2 aromatic carbocycles. The third-order valence-electron chi connectivity index (χ3n) is 4.56. The fourth-order valence-electron chi connectivity index (χ4n) is 3.01. The first-order valence-corrected chi connectivity index (χ1v) is 9.49. The smallest absolute Gasteiger partial charge is 0.328 e. The van der Waals surface area contributed by atoms with Crippen molar-refractivity contribution in [3.05, 3.63) is 83.8 Å². The van der Waals surface area contributed by atoms with Crippen LogP contribution in [-0.2, 0) is 9.53 Å². The Morgan fingerprint density at radius 2 is 1.65 bits per heavy atom. The number of esters is 1. The maximum Gasteiger partial charge on any atom is 0.328 e. The van der Waals surface area contributed by atoms with Gasteiger partial charge in [0, 0.05) is 11.8 Å². The van der Waals surface area contributed by atoms with Gasteiger partial charge in [0.25, 0.3) is 5.91 Å². The normalized spacial score (nSPS) is 11.6. The summed E-state index contributed by atoms with van der Waals surface area (Å²) in [5, 5.41) is 0. The number of carbonyl (C=O) groups is 2. The van der Waals surface area contributed by atoms with Crippen molar-refractivity contribution in [2.24, 2.45) is 0 Å². The molecule has 1 unspecified atom stereocenters. The van der Waals surface area contributed by atoms with Gasteiger partial charge in [0.1, 0.15) is 29.2 Å². The molecule has 1 amide bonds. The average molecular weight is 428 g/mol. The molecular weight excluding hydrogens is 409 g/mol. The Hall–Kier alpha value is -3.68. The topological polar surface area (TPSA) is 59.5 Å². The second kappa shape index (κ2) is 9.42. The fourth-order valence-corrected chi connectivity index (χ4v) is 3.01. The quantitative estimate of drug-likeness (QED) is 0.531. The van der Waals surface area contributed by atoms with Crippen LogP contribution in [0.5, 0.6) is 0 Å². The first-order valence-electron chi connectivity index (χ1n) is 9.49. The van der Waals surface area contributed by atoms with E-state index in [2.05, 4.69) is 4.98 Å². The van der Waals surface area contributed by atoms with E-state index in [-0.39, 0.29) is 12.2 Å². The van der Waals surface area contributed by atoms with E-state index < -0.39 is 41.1 Å². The minimum Gasteiger partial charge on any atom is -0.464 e. The zero-order valence-electron chi connectivity index (χ0n) is 16.8. The Bertz CT molecular complexity index is 1070. The van der Waals surface area contributed by atoms with Crippen LogP contribution >= 0.6 is 0 Å². The minimum atomic E-state index is -1.30. The van der Waals surface area contributed by atoms with Crippen LogP contribution in [0.1, 0.15) is 24.2 Å². The van der Waals surface area contributed by atoms with Crippen molar-refractivity contribution in [3.8, 4) is 11.3 Å². The van der Waals surface area contributed by atoms with Crippen molar-refractivity contribution in [1.29, 1.82) is 0 Å². The summed E-state index contributed by atoms with van der Waals surface area (Å²) in [5.41, 5.74) is 0.441. The molecule has 3 rings (SSSR count). The average Bonchev–Trinajstić information content (AvgIpc) is 2.76. The number of ether oxygens (including phenoxy) is 1. The van der Waals surface area contributed by atoms with E-state index in [1.165, 1.54) is 49.5 Å². The molecule has 31 heavy (non-hydrogen) atoms. The molecule has 1 aromatic heterocycles. The summed E-state index contributed by atoms with van der Waals surface area (Å²) in [6, 6.07) is 10.4. The first kappa shape index (κ1) is 22.0. The summed E-state index contributed by atoms with van der Waals surface area (Å²) in [6.07, 6.45) is 1.23. The largest absolute Gasteiger partial charge is 0.464 e. The van der Waals surface area contributed by atoms with Crippen molar-refractivity contribution < 1.29 is 27.5 Å². The van der Waals surface area contributed by atoms with Gasteiger partial charge in [-0.15, -0.1) is 0 Å². The van der Waals surface area contributed by atoms with Crippen molar-refractivity contribution in [2.45, 2.75) is 19.9 Å². The van der Waals surface area contributed by atoms with Crippen LogP contribution in [-0.4, -0.2) is 29.5 Å². The van der Waals surface area contributed by atoms with Gasteiger partial charge in [-0.3, -0.25) is 14.7 Å². The molecule has 5 nitrogen and oxygen atoms in total. The highest BCUT2D eigenvalue weighted by molar-refractivity contribution is 6.09. The lowest BCUT2D eigenvalue weighted by Gasteiger charge is -2.28. The maximum atomic E-state index is 14.5. The zero-order valence-corrected chi connectivity index (χ0v) is 16.8. The van der Waals surface area contributed by atoms with Crippen molar-refractivity contribution >= 4 is 17.6 Å². The third kappa shape index (κ3) is 4.74. The van der Waals surface area contributed by atoms with E-state index in [0.717, 1.165) is 23.1 Å². The number of rotatable bonds is 6. The van der Waals surface area contributed by atoms with Crippen LogP contribution in [0.3, 0.4) is 0 Å².